The molecular weight excluding hydrogens is 880 g/mol. The standard InChI is InChI=1S/C59H41IN2O/c1-39(44-21-14-22-45(37-44)40-17-4-2-5-18-40)61-58(62-57(60)47-24-15-23-46(38-47)41-19-6-3-7-20-41)43-35-33-42(34-36-43)48-27-16-31-54-56(48)63-55-32-13-12-30-53(55)59(54)51-28-10-8-25-49(51)50-26-9-11-29-52(50)59/h2-38,57H,1H3/b61-39+,62-58-. The molecule has 9 aromatic carbocycles. The Morgan fingerprint density at radius 1 is 0.444 bits per heavy atom. The van der Waals surface area contributed by atoms with Gasteiger partial charge < -0.3 is 4.74 Å². The van der Waals surface area contributed by atoms with Gasteiger partial charge in [0.25, 0.3) is 0 Å². The van der Waals surface area contributed by atoms with Gasteiger partial charge in [0, 0.05) is 28.0 Å². The van der Waals surface area contributed by atoms with Gasteiger partial charge in [0.05, 0.1) is 5.41 Å². The van der Waals surface area contributed by atoms with Crippen LogP contribution in [0.4, 0.5) is 0 Å². The molecule has 1 atom stereocenters. The first kappa shape index (κ1) is 38.7. The van der Waals surface area contributed by atoms with E-state index in [1.165, 1.54) is 33.4 Å². The molecule has 0 fully saturated rings. The lowest BCUT2D eigenvalue weighted by atomic mass is 9.65. The molecule has 0 amide bonds. The molecule has 11 rings (SSSR count). The minimum atomic E-state index is -0.524. The fourth-order valence-corrected chi connectivity index (χ4v) is 10.2. The van der Waals surface area contributed by atoms with Gasteiger partial charge in [-0.15, -0.1) is 0 Å². The molecule has 1 heterocycles. The number of halogens is 1. The van der Waals surface area contributed by atoms with Crippen LogP contribution in [0.2, 0.25) is 0 Å². The van der Waals surface area contributed by atoms with Crippen LogP contribution in [0.3, 0.4) is 0 Å². The summed E-state index contributed by atoms with van der Waals surface area (Å²) in [7, 11) is 0. The van der Waals surface area contributed by atoms with Crippen LogP contribution in [0.5, 0.6) is 11.5 Å². The van der Waals surface area contributed by atoms with Crippen LogP contribution in [-0.4, -0.2) is 11.5 Å². The predicted molar refractivity (Wildman–Crippen MR) is 269 cm³/mol. The molecule has 1 spiro atoms. The van der Waals surface area contributed by atoms with Crippen LogP contribution in [0.1, 0.15) is 49.9 Å². The van der Waals surface area contributed by atoms with Crippen LogP contribution >= 0.6 is 22.6 Å². The van der Waals surface area contributed by atoms with Crippen molar-refractivity contribution < 1.29 is 4.74 Å². The summed E-state index contributed by atoms with van der Waals surface area (Å²) < 4.78 is 6.81. The van der Waals surface area contributed by atoms with E-state index in [0.29, 0.717) is 5.84 Å². The van der Waals surface area contributed by atoms with E-state index in [-0.39, 0.29) is 4.05 Å². The molecule has 2 aliphatic rings. The highest BCUT2D eigenvalue weighted by atomic mass is 127. The zero-order chi connectivity index (χ0) is 42.3. The molecule has 1 aliphatic carbocycles. The third kappa shape index (κ3) is 6.82. The van der Waals surface area contributed by atoms with Crippen LogP contribution in [-0.2, 0) is 5.41 Å². The van der Waals surface area contributed by atoms with Crippen molar-refractivity contribution in [3.63, 3.8) is 0 Å². The van der Waals surface area contributed by atoms with Gasteiger partial charge >= 0.3 is 0 Å². The number of aliphatic imine (C=N–C) groups is 2. The molecule has 0 saturated heterocycles. The average molecular weight is 921 g/mol. The first-order valence-corrected chi connectivity index (χ1v) is 22.6. The summed E-state index contributed by atoms with van der Waals surface area (Å²) in [5, 5.41) is 0. The quantitative estimate of drug-likeness (QED) is 0.0516. The Morgan fingerprint density at radius 3 is 1.65 bits per heavy atom. The number of benzene rings is 9. The van der Waals surface area contributed by atoms with Crippen molar-refractivity contribution in [1.82, 2.24) is 0 Å². The molecule has 4 heteroatoms. The van der Waals surface area contributed by atoms with Gasteiger partial charge in [0.15, 0.2) is 5.84 Å². The largest absolute Gasteiger partial charge is 0.456 e. The minimum Gasteiger partial charge on any atom is -0.456 e. The molecular formula is C59H41IN2O. The van der Waals surface area contributed by atoms with E-state index < -0.39 is 5.41 Å². The van der Waals surface area contributed by atoms with Gasteiger partial charge in [-0.3, -0.25) is 0 Å². The fraction of sp³-hybridized carbons (Fsp3) is 0.0508. The monoisotopic (exact) mass is 920 g/mol. The van der Waals surface area contributed by atoms with Gasteiger partial charge in [-0.2, -0.15) is 0 Å². The van der Waals surface area contributed by atoms with E-state index in [4.69, 9.17) is 14.7 Å². The summed E-state index contributed by atoms with van der Waals surface area (Å²) in [6.07, 6.45) is 0. The number of hydrogen-bond acceptors (Lipinski definition) is 2. The Labute approximate surface area is 382 Å². The second kappa shape index (κ2) is 16.3. The van der Waals surface area contributed by atoms with Gasteiger partial charge in [0.2, 0.25) is 0 Å². The van der Waals surface area contributed by atoms with Crippen molar-refractivity contribution in [2.45, 2.75) is 16.4 Å². The number of fused-ring (bicyclic) bond motifs is 9. The summed E-state index contributed by atoms with van der Waals surface area (Å²) in [5.41, 5.74) is 17.6. The topological polar surface area (TPSA) is 34.0 Å². The summed E-state index contributed by atoms with van der Waals surface area (Å²) in [4.78, 5) is 10.7. The smallest absolute Gasteiger partial charge is 0.156 e. The number of para-hydroxylation sites is 2. The molecule has 0 radical (unpaired) electrons. The van der Waals surface area contributed by atoms with Crippen molar-refractivity contribution in [3.05, 3.63) is 263 Å². The molecule has 300 valence electrons. The highest BCUT2D eigenvalue weighted by Gasteiger charge is 2.51. The molecule has 63 heavy (non-hydrogen) atoms. The SMILES string of the molecule is C/C(=N\C(=N/C(I)c1cccc(-c2ccccc2)c1)c1ccc(-c2cccc3c2Oc2ccccc2C32c3ccccc3-c3ccccc32)cc1)c1cccc(-c2ccccc2)c1. The summed E-state index contributed by atoms with van der Waals surface area (Å²) in [6.45, 7) is 2.08. The van der Waals surface area contributed by atoms with Crippen molar-refractivity contribution in [2.75, 3.05) is 0 Å². The first-order valence-electron chi connectivity index (χ1n) is 21.4. The molecule has 0 bridgehead atoms. The number of nitrogens with zero attached hydrogens (tertiary/aromatic N) is 2. The van der Waals surface area contributed by atoms with E-state index in [0.717, 1.165) is 67.3 Å². The van der Waals surface area contributed by atoms with E-state index in [1.54, 1.807) is 0 Å². The lowest BCUT2D eigenvalue weighted by Gasteiger charge is -2.40. The van der Waals surface area contributed by atoms with Crippen molar-refractivity contribution in [2.24, 2.45) is 9.98 Å². The van der Waals surface area contributed by atoms with Gasteiger partial charge in [-0.05, 0) is 86.3 Å². The Balaban J connectivity index is 1.02. The molecule has 9 aromatic rings. The normalized spacial score (nSPS) is 13.9. The highest BCUT2D eigenvalue weighted by Crippen LogP contribution is 2.63. The van der Waals surface area contributed by atoms with Crippen LogP contribution in [0.25, 0.3) is 44.5 Å². The summed E-state index contributed by atoms with van der Waals surface area (Å²) in [6, 6.07) is 79.8. The molecule has 0 aromatic heterocycles. The summed E-state index contributed by atoms with van der Waals surface area (Å²) >= 11 is 2.44. The lowest BCUT2D eigenvalue weighted by Crippen LogP contribution is -2.32. The zero-order valence-electron chi connectivity index (χ0n) is 34.6. The molecule has 1 unspecified atom stereocenters. The fourth-order valence-electron chi connectivity index (χ4n) is 9.53. The maximum absolute atomic E-state index is 7.00. The lowest BCUT2D eigenvalue weighted by molar-refractivity contribution is 0.438. The van der Waals surface area contributed by atoms with Gasteiger partial charge in [-0.25, -0.2) is 9.98 Å². The molecule has 1 aliphatic heterocycles. The van der Waals surface area contributed by atoms with Crippen molar-refractivity contribution >= 4 is 34.1 Å². The average Bonchev–Trinajstić information content (AvgIpc) is 3.65. The Kier molecular flexibility index (Phi) is 10.0. The number of ether oxygens (including phenoxy) is 1. The van der Waals surface area contributed by atoms with Crippen LogP contribution in [0.15, 0.2) is 234 Å². The van der Waals surface area contributed by atoms with E-state index >= 15 is 0 Å². The third-order valence-electron chi connectivity index (χ3n) is 12.5. The molecule has 3 nitrogen and oxygen atoms in total. The maximum Gasteiger partial charge on any atom is 0.156 e. The Morgan fingerprint density at radius 2 is 0.968 bits per heavy atom. The summed E-state index contributed by atoms with van der Waals surface area (Å²) in [5.74, 6) is 2.43. The Hall–Kier alpha value is -7.15. The Bertz CT molecular complexity index is 3180. The molecule has 0 N–H and O–H groups in total. The molecule has 0 saturated carbocycles. The van der Waals surface area contributed by atoms with Crippen molar-refractivity contribution in [1.29, 1.82) is 0 Å². The number of amidine groups is 1. The third-order valence-corrected chi connectivity index (χ3v) is 13.5. The second-order valence-electron chi connectivity index (χ2n) is 16.1. The zero-order valence-corrected chi connectivity index (χ0v) is 36.8. The van der Waals surface area contributed by atoms with Crippen LogP contribution < -0.4 is 4.74 Å². The second-order valence-corrected chi connectivity index (χ2v) is 17.3. The van der Waals surface area contributed by atoms with Gasteiger partial charge in [0.1, 0.15) is 15.5 Å². The number of hydrogen-bond donors (Lipinski definition) is 0. The predicted octanol–water partition coefficient (Wildman–Crippen LogP) is 15.5. The first-order chi connectivity index (χ1) is 31.1. The van der Waals surface area contributed by atoms with Crippen molar-refractivity contribution in [3.8, 4) is 56.0 Å². The number of rotatable bonds is 7. The van der Waals surface area contributed by atoms with Gasteiger partial charge in [-0.1, -0.05) is 229 Å². The minimum absolute atomic E-state index is 0.184. The van der Waals surface area contributed by atoms with E-state index in [1.807, 2.05) is 6.07 Å². The van der Waals surface area contributed by atoms with E-state index in [2.05, 4.69) is 248 Å². The highest BCUT2D eigenvalue weighted by molar-refractivity contribution is 14.1. The maximum atomic E-state index is 7.00. The van der Waals surface area contributed by atoms with E-state index in [9.17, 15) is 0 Å². The number of alkyl halides is 1. The van der Waals surface area contributed by atoms with Crippen LogP contribution in [0, 0.1) is 0 Å².